The van der Waals surface area contributed by atoms with Crippen LogP contribution in [0.15, 0.2) is 41.6 Å². The van der Waals surface area contributed by atoms with Crippen LogP contribution in [0.25, 0.3) is 0 Å². The molecule has 2 heterocycles. The highest BCUT2D eigenvalue weighted by Gasteiger charge is 2.00. The Morgan fingerprint density at radius 1 is 1.44 bits per heavy atom. The number of anilines is 1. The molecule has 82 valence electrons. The van der Waals surface area contributed by atoms with Gasteiger partial charge in [0.25, 0.3) is 5.56 Å². The maximum atomic E-state index is 11.7. The molecule has 0 saturated carbocycles. The lowest BCUT2D eigenvalue weighted by atomic mass is 10.2. The summed E-state index contributed by atoms with van der Waals surface area (Å²) in [6.07, 6.45) is 5.26. The van der Waals surface area contributed by atoms with Crippen molar-refractivity contribution in [2.24, 2.45) is 0 Å². The summed E-state index contributed by atoms with van der Waals surface area (Å²) in [5.74, 6) is 0. The van der Waals surface area contributed by atoms with Gasteiger partial charge in [-0.2, -0.15) is 0 Å². The van der Waals surface area contributed by atoms with E-state index in [1.165, 1.54) is 0 Å². The first-order chi connectivity index (χ1) is 7.66. The van der Waals surface area contributed by atoms with Gasteiger partial charge in [-0.1, -0.05) is 6.07 Å². The monoisotopic (exact) mass is 215 g/mol. The van der Waals surface area contributed by atoms with E-state index < -0.39 is 0 Å². The largest absolute Gasteiger partial charge is 0.394 e. The minimum absolute atomic E-state index is 0.163. The van der Waals surface area contributed by atoms with Gasteiger partial charge in [0.15, 0.2) is 0 Å². The molecule has 0 amide bonds. The normalized spacial score (nSPS) is 10.3. The van der Waals surface area contributed by atoms with E-state index in [2.05, 4.69) is 4.98 Å². The minimum atomic E-state index is -0.163. The SMILES string of the molecule is Cc1cncc(Cn2cccc(N)c2=O)c1. The molecule has 0 aromatic carbocycles. The summed E-state index contributed by atoms with van der Waals surface area (Å²) < 4.78 is 1.58. The molecule has 0 bridgehead atoms. The first-order valence-electron chi connectivity index (χ1n) is 5.02. The lowest BCUT2D eigenvalue weighted by Gasteiger charge is -2.06. The summed E-state index contributed by atoms with van der Waals surface area (Å²) in [4.78, 5) is 15.8. The number of hydrogen-bond acceptors (Lipinski definition) is 3. The van der Waals surface area contributed by atoms with Gasteiger partial charge in [-0.15, -0.1) is 0 Å². The van der Waals surface area contributed by atoms with Crippen molar-refractivity contribution in [1.29, 1.82) is 0 Å². The van der Waals surface area contributed by atoms with E-state index in [1.807, 2.05) is 13.0 Å². The fourth-order valence-electron chi connectivity index (χ4n) is 1.58. The molecule has 2 rings (SSSR count). The molecule has 0 aliphatic carbocycles. The van der Waals surface area contributed by atoms with Crippen molar-refractivity contribution in [3.63, 3.8) is 0 Å². The number of nitrogens with zero attached hydrogens (tertiary/aromatic N) is 2. The Kier molecular flexibility index (Phi) is 2.72. The lowest BCUT2D eigenvalue weighted by molar-refractivity contribution is 0.758. The second-order valence-corrected chi connectivity index (χ2v) is 3.77. The van der Waals surface area contributed by atoms with Gasteiger partial charge in [0.2, 0.25) is 0 Å². The van der Waals surface area contributed by atoms with E-state index in [1.54, 1.807) is 35.3 Å². The van der Waals surface area contributed by atoms with Crippen LogP contribution in [-0.2, 0) is 6.54 Å². The van der Waals surface area contributed by atoms with Gasteiger partial charge in [0.05, 0.1) is 12.2 Å². The molecule has 0 fully saturated rings. The van der Waals surface area contributed by atoms with Crippen molar-refractivity contribution in [1.82, 2.24) is 9.55 Å². The van der Waals surface area contributed by atoms with Crippen molar-refractivity contribution in [2.45, 2.75) is 13.5 Å². The van der Waals surface area contributed by atoms with Crippen molar-refractivity contribution in [2.75, 3.05) is 5.73 Å². The van der Waals surface area contributed by atoms with Gasteiger partial charge in [0.1, 0.15) is 0 Å². The summed E-state index contributed by atoms with van der Waals surface area (Å²) in [7, 11) is 0. The fourth-order valence-corrected chi connectivity index (χ4v) is 1.58. The molecular formula is C12H13N3O. The number of rotatable bonds is 2. The van der Waals surface area contributed by atoms with Crippen LogP contribution in [0.1, 0.15) is 11.1 Å². The minimum Gasteiger partial charge on any atom is -0.394 e. The standard InChI is InChI=1S/C12H13N3O/c1-9-5-10(7-14-6-9)8-15-4-2-3-11(13)12(15)16/h2-7H,8,13H2,1H3. The lowest BCUT2D eigenvalue weighted by Crippen LogP contribution is -2.22. The molecule has 0 saturated heterocycles. The third-order valence-electron chi connectivity index (χ3n) is 2.33. The molecular weight excluding hydrogens is 202 g/mol. The zero-order chi connectivity index (χ0) is 11.5. The molecule has 0 unspecified atom stereocenters. The second kappa shape index (κ2) is 4.18. The first kappa shape index (κ1) is 10.4. The summed E-state index contributed by atoms with van der Waals surface area (Å²) in [5.41, 5.74) is 7.73. The Hall–Kier alpha value is -2.10. The van der Waals surface area contributed by atoms with Crippen LogP contribution in [0.2, 0.25) is 0 Å². The molecule has 16 heavy (non-hydrogen) atoms. The van der Waals surface area contributed by atoms with Gasteiger partial charge in [0, 0.05) is 18.6 Å². The Bertz CT molecular complexity index is 560. The Morgan fingerprint density at radius 2 is 2.25 bits per heavy atom. The van der Waals surface area contributed by atoms with Crippen LogP contribution < -0.4 is 11.3 Å². The molecule has 0 radical (unpaired) electrons. The van der Waals surface area contributed by atoms with Crippen LogP contribution >= 0.6 is 0 Å². The van der Waals surface area contributed by atoms with E-state index in [0.29, 0.717) is 6.54 Å². The van der Waals surface area contributed by atoms with E-state index in [0.717, 1.165) is 11.1 Å². The maximum absolute atomic E-state index is 11.7. The van der Waals surface area contributed by atoms with Crippen LogP contribution in [0, 0.1) is 6.92 Å². The molecule has 0 spiro atoms. The van der Waals surface area contributed by atoms with E-state index in [9.17, 15) is 4.79 Å². The van der Waals surface area contributed by atoms with Gasteiger partial charge < -0.3 is 10.3 Å². The van der Waals surface area contributed by atoms with E-state index in [-0.39, 0.29) is 11.2 Å². The Morgan fingerprint density at radius 3 is 3.00 bits per heavy atom. The fraction of sp³-hybridized carbons (Fsp3) is 0.167. The molecule has 2 aromatic rings. The van der Waals surface area contributed by atoms with Crippen LogP contribution in [0.4, 0.5) is 5.69 Å². The number of nitrogens with two attached hydrogens (primary N) is 1. The van der Waals surface area contributed by atoms with Gasteiger partial charge in [-0.3, -0.25) is 9.78 Å². The number of nitrogen functional groups attached to an aromatic ring is 1. The zero-order valence-electron chi connectivity index (χ0n) is 9.05. The van der Waals surface area contributed by atoms with E-state index >= 15 is 0 Å². The average Bonchev–Trinajstić information content (AvgIpc) is 2.25. The van der Waals surface area contributed by atoms with Gasteiger partial charge in [-0.05, 0) is 30.2 Å². The van der Waals surface area contributed by atoms with Crippen LogP contribution in [0.5, 0.6) is 0 Å². The molecule has 0 aliphatic rings. The highest BCUT2D eigenvalue weighted by atomic mass is 16.1. The topological polar surface area (TPSA) is 60.9 Å². The number of pyridine rings is 2. The molecule has 0 atom stereocenters. The smallest absolute Gasteiger partial charge is 0.273 e. The van der Waals surface area contributed by atoms with Crippen LogP contribution in [0.3, 0.4) is 0 Å². The quantitative estimate of drug-likeness (QED) is 0.818. The summed E-state index contributed by atoms with van der Waals surface area (Å²) in [6.45, 7) is 2.47. The zero-order valence-corrected chi connectivity index (χ0v) is 9.05. The van der Waals surface area contributed by atoms with Crippen molar-refractivity contribution < 1.29 is 0 Å². The molecule has 2 aromatic heterocycles. The van der Waals surface area contributed by atoms with E-state index in [4.69, 9.17) is 5.73 Å². The molecule has 4 heteroatoms. The van der Waals surface area contributed by atoms with Gasteiger partial charge >= 0.3 is 0 Å². The van der Waals surface area contributed by atoms with Crippen molar-refractivity contribution in [3.05, 3.63) is 58.3 Å². The summed E-state index contributed by atoms with van der Waals surface area (Å²) in [6, 6.07) is 5.37. The summed E-state index contributed by atoms with van der Waals surface area (Å²) in [5, 5.41) is 0. The highest BCUT2D eigenvalue weighted by Crippen LogP contribution is 2.03. The van der Waals surface area contributed by atoms with Crippen LogP contribution in [-0.4, -0.2) is 9.55 Å². The maximum Gasteiger partial charge on any atom is 0.273 e. The average molecular weight is 215 g/mol. The number of aromatic nitrogens is 2. The van der Waals surface area contributed by atoms with Gasteiger partial charge in [-0.25, -0.2) is 0 Å². The first-order valence-corrected chi connectivity index (χ1v) is 5.02. The number of aryl methyl sites for hydroxylation is 1. The third kappa shape index (κ3) is 2.11. The van der Waals surface area contributed by atoms with Crippen molar-refractivity contribution in [3.8, 4) is 0 Å². The van der Waals surface area contributed by atoms with Crippen molar-refractivity contribution >= 4 is 5.69 Å². The molecule has 2 N–H and O–H groups in total. The Balaban J connectivity index is 2.34. The highest BCUT2D eigenvalue weighted by molar-refractivity contribution is 5.34. The molecule has 0 aliphatic heterocycles. The number of hydrogen-bond donors (Lipinski definition) is 1. The Labute approximate surface area is 93.4 Å². The predicted octanol–water partition coefficient (Wildman–Crippen LogP) is 1.18. The predicted molar refractivity (Wildman–Crippen MR) is 63.2 cm³/mol. The molecule has 4 nitrogen and oxygen atoms in total. The third-order valence-corrected chi connectivity index (χ3v) is 2.33. The second-order valence-electron chi connectivity index (χ2n) is 3.77. The summed E-state index contributed by atoms with van der Waals surface area (Å²) >= 11 is 0.